The van der Waals surface area contributed by atoms with E-state index in [1.165, 1.54) is 25.7 Å². The second kappa shape index (κ2) is 9.58. The van der Waals surface area contributed by atoms with E-state index in [-0.39, 0.29) is 34.8 Å². The van der Waals surface area contributed by atoms with Gasteiger partial charge in [-0.25, -0.2) is 4.39 Å². The second-order valence-corrected chi connectivity index (χ2v) is 14.5. The van der Waals surface area contributed by atoms with Crippen LogP contribution in [-0.4, -0.2) is 34.9 Å². The Morgan fingerprint density at radius 1 is 1.08 bits per heavy atom. The maximum Gasteiger partial charge on any atom is 0.227 e. The fourth-order valence-corrected chi connectivity index (χ4v) is 10.7. The van der Waals surface area contributed by atoms with E-state index in [4.69, 9.17) is 0 Å². The Morgan fingerprint density at radius 2 is 1.82 bits per heavy atom. The van der Waals surface area contributed by atoms with Crippen LogP contribution >= 0.6 is 0 Å². The van der Waals surface area contributed by atoms with Crippen LogP contribution in [0, 0.1) is 59.1 Å². The summed E-state index contributed by atoms with van der Waals surface area (Å²) in [4.78, 5) is 15.0. The van der Waals surface area contributed by atoms with E-state index < -0.39 is 0 Å². The molecule has 1 aliphatic heterocycles. The van der Waals surface area contributed by atoms with Crippen molar-refractivity contribution < 1.29 is 19.4 Å². The van der Waals surface area contributed by atoms with Crippen molar-refractivity contribution in [1.29, 1.82) is 0 Å². The molecule has 4 saturated carbocycles. The predicted molar refractivity (Wildman–Crippen MR) is 148 cm³/mol. The number of aliphatic hydroxyl groups is 2. The lowest BCUT2D eigenvalue weighted by Gasteiger charge is -2.62. The fourth-order valence-electron chi connectivity index (χ4n) is 10.7. The number of fused-ring (bicyclic) bond motifs is 6. The monoisotopic (exact) mass is 525 g/mol. The van der Waals surface area contributed by atoms with Crippen molar-refractivity contribution in [3.8, 4) is 0 Å². The zero-order valence-corrected chi connectivity index (χ0v) is 23.9. The molecule has 0 radical (unpaired) electrons. The van der Waals surface area contributed by atoms with Crippen LogP contribution in [0.4, 0.5) is 10.1 Å². The standard InChI is InChI=1S/C33H48FNO3/c1-19(6-10-28(38)35-16-13-21-7-5-20(2)30(34)31(21)35)24-8-9-25-29-26(12-15-33(24,25)4)32(3)14-11-23(36)17-22(32)18-27(29)37/h5,7,19,22-27,29,36-37H,6,8-18H2,1-4H3/t19-,22+,23-,24-,25+,26+,27+,29+,32+,33-/m1/s1. The summed E-state index contributed by atoms with van der Waals surface area (Å²) in [6.45, 7) is 9.65. The Morgan fingerprint density at radius 3 is 2.61 bits per heavy atom. The van der Waals surface area contributed by atoms with Gasteiger partial charge in [-0.3, -0.25) is 4.79 Å². The third-order valence-electron chi connectivity index (χ3n) is 12.8. The summed E-state index contributed by atoms with van der Waals surface area (Å²) in [6.07, 6.45) is 10.1. The van der Waals surface area contributed by atoms with E-state index in [0.717, 1.165) is 44.1 Å². The highest BCUT2D eigenvalue weighted by Gasteiger charge is 2.62. The second-order valence-electron chi connectivity index (χ2n) is 14.5. The summed E-state index contributed by atoms with van der Waals surface area (Å²) in [5.41, 5.74) is 2.53. The minimum absolute atomic E-state index is 0.0599. The molecule has 6 rings (SSSR count). The Bertz CT molecular complexity index is 1090. The van der Waals surface area contributed by atoms with E-state index in [2.05, 4.69) is 20.8 Å². The van der Waals surface area contributed by atoms with Crippen molar-refractivity contribution in [2.45, 2.75) is 111 Å². The van der Waals surface area contributed by atoms with Gasteiger partial charge in [-0.05, 0) is 129 Å². The Kier molecular flexibility index (Phi) is 6.74. The van der Waals surface area contributed by atoms with Gasteiger partial charge in [-0.15, -0.1) is 0 Å². The zero-order chi connectivity index (χ0) is 27.0. The number of nitrogens with zero attached hydrogens (tertiary/aromatic N) is 1. The molecule has 1 aromatic carbocycles. The number of aliphatic hydroxyl groups excluding tert-OH is 2. The quantitative estimate of drug-likeness (QED) is 0.476. The smallest absolute Gasteiger partial charge is 0.227 e. The highest BCUT2D eigenvalue weighted by molar-refractivity contribution is 5.95. The number of aryl methyl sites for hydroxylation is 1. The Balaban J connectivity index is 1.14. The first kappa shape index (κ1) is 26.7. The lowest BCUT2D eigenvalue weighted by atomic mass is 9.43. The van der Waals surface area contributed by atoms with Crippen LogP contribution in [0.25, 0.3) is 0 Å². The van der Waals surface area contributed by atoms with Gasteiger partial charge in [0, 0.05) is 13.0 Å². The Hall–Kier alpha value is -1.46. The van der Waals surface area contributed by atoms with Crippen LogP contribution < -0.4 is 4.90 Å². The fraction of sp³-hybridized carbons (Fsp3) is 0.788. The average molecular weight is 526 g/mol. The minimum atomic E-state index is -0.253. The third kappa shape index (κ3) is 4.00. The molecule has 38 heavy (non-hydrogen) atoms. The van der Waals surface area contributed by atoms with Crippen molar-refractivity contribution >= 4 is 11.6 Å². The van der Waals surface area contributed by atoms with Gasteiger partial charge < -0.3 is 15.1 Å². The maximum atomic E-state index is 14.9. The van der Waals surface area contributed by atoms with Gasteiger partial charge in [0.25, 0.3) is 0 Å². The number of hydrogen-bond acceptors (Lipinski definition) is 3. The van der Waals surface area contributed by atoms with Crippen LogP contribution in [0.5, 0.6) is 0 Å². The predicted octanol–water partition coefficient (Wildman–Crippen LogP) is 6.43. The summed E-state index contributed by atoms with van der Waals surface area (Å²) < 4.78 is 14.9. The van der Waals surface area contributed by atoms with Gasteiger partial charge in [-0.2, -0.15) is 0 Å². The van der Waals surface area contributed by atoms with Gasteiger partial charge in [0.1, 0.15) is 5.82 Å². The van der Waals surface area contributed by atoms with Gasteiger partial charge in [0.15, 0.2) is 0 Å². The molecular weight excluding hydrogens is 477 g/mol. The number of benzene rings is 1. The number of carbonyl (C=O) groups excluding carboxylic acids is 1. The number of rotatable bonds is 4. The first-order valence-corrected chi connectivity index (χ1v) is 15.5. The van der Waals surface area contributed by atoms with Crippen LogP contribution in [-0.2, 0) is 11.2 Å². The summed E-state index contributed by atoms with van der Waals surface area (Å²) in [6, 6.07) is 3.79. The van der Waals surface area contributed by atoms with Crippen LogP contribution in [0.1, 0.15) is 96.1 Å². The van der Waals surface area contributed by atoms with Gasteiger partial charge >= 0.3 is 0 Å². The molecule has 4 fully saturated rings. The van der Waals surface area contributed by atoms with Crippen molar-refractivity contribution in [2.75, 3.05) is 11.4 Å². The molecule has 2 N–H and O–H groups in total. The first-order chi connectivity index (χ1) is 18.0. The molecule has 4 aliphatic carbocycles. The normalized spacial score (nSPS) is 42.7. The number of halogens is 1. The SMILES string of the molecule is Cc1ccc2c(c1F)N(C(=O)CC[C@@H](C)[C@H]1CC[C@H]3[C@@H]4[C@@H](O)C[C@@H]5C[C@H](O)CC[C@]5(C)[C@H]4CC[C@]13C)CC2. The van der Waals surface area contributed by atoms with E-state index in [9.17, 15) is 19.4 Å². The van der Waals surface area contributed by atoms with E-state index >= 15 is 0 Å². The van der Waals surface area contributed by atoms with Crippen molar-refractivity contribution in [3.05, 3.63) is 29.1 Å². The lowest BCUT2D eigenvalue weighted by molar-refractivity contribution is -0.174. The molecule has 10 atom stereocenters. The molecule has 1 amide bonds. The molecule has 4 nitrogen and oxygen atoms in total. The number of carbonyl (C=O) groups is 1. The maximum absolute atomic E-state index is 14.9. The number of amides is 1. The zero-order valence-electron chi connectivity index (χ0n) is 23.9. The summed E-state index contributed by atoms with van der Waals surface area (Å²) in [7, 11) is 0. The molecule has 1 aromatic rings. The summed E-state index contributed by atoms with van der Waals surface area (Å²) in [5.74, 6) is 2.75. The third-order valence-corrected chi connectivity index (χ3v) is 12.8. The molecule has 0 bridgehead atoms. The minimum Gasteiger partial charge on any atom is -0.393 e. The summed E-state index contributed by atoms with van der Waals surface area (Å²) in [5, 5.41) is 21.8. The van der Waals surface area contributed by atoms with Gasteiger partial charge in [0.05, 0.1) is 17.9 Å². The topological polar surface area (TPSA) is 60.8 Å². The Labute approximate surface area is 228 Å². The van der Waals surface area contributed by atoms with E-state index in [1.54, 1.807) is 11.8 Å². The molecule has 0 aromatic heterocycles. The molecule has 0 saturated heterocycles. The van der Waals surface area contributed by atoms with Crippen molar-refractivity contribution in [1.82, 2.24) is 0 Å². The van der Waals surface area contributed by atoms with Crippen LogP contribution in [0.2, 0.25) is 0 Å². The molecule has 210 valence electrons. The van der Waals surface area contributed by atoms with E-state index in [1.807, 2.05) is 12.1 Å². The molecule has 0 spiro atoms. The van der Waals surface area contributed by atoms with E-state index in [0.29, 0.717) is 59.7 Å². The first-order valence-electron chi connectivity index (χ1n) is 15.5. The highest BCUT2D eigenvalue weighted by Crippen LogP contribution is 2.68. The molecule has 5 heteroatoms. The van der Waals surface area contributed by atoms with Crippen LogP contribution in [0.3, 0.4) is 0 Å². The largest absolute Gasteiger partial charge is 0.393 e. The molecule has 5 aliphatic rings. The molecular formula is C33H48FNO3. The van der Waals surface area contributed by atoms with Crippen LogP contribution in [0.15, 0.2) is 12.1 Å². The van der Waals surface area contributed by atoms with Crippen molar-refractivity contribution in [2.24, 2.45) is 46.3 Å². The molecule has 1 heterocycles. The summed E-state index contributed by atoms with van der Waals surface area (Å²) >= 11 is 0. The number of hydrogen-bond donors (Lipinski definition) is 2. The molecule has 0 unspecified atom stereocenters. The lowest BCUT2D eigenvalue weighted by Crippen LogP contribution is -2.58. The number of anilines is 1. The van der Waals surface area contributed by atoms with Gasteiger partial charge in [-0.1, -0.05) is 32.9 Å². The average Bonchev–Trinajstić information content (AvgIpc) is 3.47. The van der Waals surface area contributed by atoms with Crippen molar-refractivity contribution in [3.63, 3.8) is 0 Å². The highest BCUT2D eigenvalue weighted by atomic mass is 19.1. The van der Waals surface area contributed by atoms with Gasteiger partial charge in [0.2, 0.25) is 5.91 Å².